The van der Waals surface area contributed by atoms with Crippen LogP contribution in [0.3, 0.4) is 0 Å². The molecular formula is C9H13NO4. The summed E-state index contributed by atoms with van der Waals surface area (Å²) in [5.41, 5.74) is 0. The van der Waals surface area contributed by atoms with E-state index in [-0.39, 0.29) is 30.9 Å². The lowest BCUT2D eigenvalue weighted by molar-refractivity contribution is -0.142. The lowest BCUT2D eigenvalue weighted by Gasteiger charge is -2.26. The fourth-order valence-corrected chi connectivity index (χ4v) is 2.06. The third kappa shape index (κ3) is 1.72. The molecule has 14 heavy (non-hydrogen) atoms. The zero-order valence-electron chi connectivity index (χ0n) is 7.81. The van der Waals surface area contributed by atoms with E-state index in [0.29, 0.717) is 13.2 Å². The Balaban J connectivity index is 1.84. The fourth-order valence-electron chi connectivity index (χ4n) is 2.06. The number of rotatable bonds is 3. The summed E-state index contributed by atoms with van der Waals surface area (Å²) in [4.78, 5) is 23.6. The van der Waals surface area contributed by atoms with E-state index in [1.807, 2.05) is 0 Å². The number of hydrogen-bond donors (Lipinski definition) is 1. The second-order valence-electron chi connectivity index (χ2n) is 3.78. The summed E-state index contributed by atoms with van der Waals surface area (Å²) in [6, 6.07) is 0.196. The maximum atomic E-state index is 11.5. The van der Waals surface area contributed by atoms with E-state index in [2.05, 4.69) is 0 Å². The van der Waals surface area contributed by atoms with Crippen LogP contribution in [0.4, 0.5) is 0 Å². The van der Waals surface area contributed by atoms with Crippen LogP contribution >= 0.6 is 0 Å². The molecule has 1 N–H and O–H groups in total. The molecule has 2 saturated heterocycles. The first-order valence-corrected chi connectivity index (χ1v) is 4.79. The van der Waals surface area contributed by atoms with Crippen LogP contribution in [0.15, 0.2) is 0 Å². The Bertz CT molecular complexity index is 266. The van der Waals surface area contributed by atoms with Gasteiger partial charge in [-0.15, -0.1) is 0 Å². The third-order valence-electron chi connectivity index (χ3n) is 2.77. The van der Waals surface area contributed by atoms with Gasteiger partial charge in [-0.3, -0.25) is 9.59 Å². The molecule has 2 aliphatic heterocycles. The van der Waals surface area contributed by atoms with Gasteiger partial charge in [0.15, 0.2) is 0 Å². The van der Waals surface area contributed by atoms with Gasteiger partial charge in [0.05, 0.1) is 25.2 Å². The highest BCUT2D eigenvalue weighted by Crippen LogP contribution is 2.28. The maximum Gasteiger partial charge on any atom is 0.303 e. The first-order chi connectivity index (χ1) is 6.66. The highest BCUT2D eigenvalue weighted by Gasteiger charge is 2.41. The summed E-state index contributed by atoms with van der Waals surface area (Å²) >= 11 is 0. The molecule has 0 aromatic rings. The van der Waals surface area contributed by atoms with E-state index in [1.54, 1.807) is 4.90 Å². The molecule has 1 amide bonds. The highest BCUT2D eigenvalue weighted by molar-refractivity contribution is 5.81. The molecular weight excluding hydrogens is 186 g/mol. The average molecular weight is 199 g/mol. The number of carbonyl (C=O) groups excluding carboxylic acids is 1. The molecule has 78 valence electrons. The zero-order valence-corrected chi connectivity index (χ0v) is 7.81. The molecule has 0 saturated carbocycles. The number of ether oxygens (including phenoxy) is 1. The van der Waals surface area contributed by atoms with Gasteiger partial charge >= 0.3 is 5.97 Å². The van der Waals surface area contributed by atoms with Gasteiger partial charge in [-0.05, 0) is 6.42 Å². The molecule has 0 aromatic carbocycles. The second kappa shape index (κ2) is 3.57. The van der Waals surface area contributed by atoms with Gasteiger partial charge < -0.3 is 14.7 Å². The number of carbonyl (C=O) groups is 2. The molecule has 2 aliphatic rings. The number of amides is 1. The minimum Gasteiger partial charge on any atom is -0.481 e. The molecule has 2 atom stereocenters. The predicted molar refractivity (Wildman–Crippen MR) is 46.7 cm³/mol. The quantitative estimate of drug-likeness (QED) is 0.686. The molecule has 5 heteroatoms. The van der Waals surface area contributed by atoms with Crippen LogP contribution < -0.4 is 0 Å². The smallest absolute Gasteiger partial charge is 0.303 e. The number of carboxylic acids is 1. The van der Waals surface area contributed by atoms with Gasteiger partial charge in [-0.1, -0.05) is 0 Å². The Morgan fingerprint density at radius 1 is 1.43 bits per heavy atom. The standard InChI is InChI=1S/C9H13NO4/c11-8(1-2-9(12)13)10-4-7-3-6(10)5-14-7/h6-7H,1-5H2,(H,12,13)/t6-,7+/m0/s1. The van der Waals surface area contributed by atoms with Crippen molar-refractivity contribution < 1.29 is 19.4 Å². The molecule has 2 bridgehead atoms. The Morgan fingerprint density at radius 2 is 2.21 bits per heavy atom. The molecule has 2 rings (SSSR count). The molecule has 2 heterocycles. The van der Waals surface area contributed by atoms with Crippen molar-refractivity contribution in [3.8, 4) is 0 Å². The maximum absolute atomic E-state index is 11.5. The van der Waals surface area contributed by atoms with Crippen LogP contribution in [0, 0.1) is 0 Å². The van der Waals surface area contributed by atoms with Crippen LogP contribution in [0.1, 0.15) is 19.3 Å². The van der Waals surface area contributed by atoms with Gasteiger partial charge in [-0.2, -0.15) is 0 Å². The fraction of sp³-hybridized carbons (Fsp3) is 0.778. The summed E-state index contributed by atoms with van der Waals surface area (Å²) in [7, 11) is 0. The summed E-state index contributed by atoms with van der Waals surface area (Å²) in [6.45, 7) is 1.26. The van der Waals surface area contributed by atoms with Crippen LogP contribution in [-0.2, 0) is 14.3 Å². The molecule has 0 radical (unpaired) electrons. The van der Waals surface area contributed by atoms with Gasteiger partial charge in [0.2, 0.25) is 5.91 Å². The highest BCUT2D eigenvalue weighted by atomic mass is 16.5. The summed E-state index contributed by atoms with van der Waals surface area (Å²) < 4.78 is 5.35. The lowest BCUT2D eigenvalue weighted by atomic mass is 10.2. The minimum absolute atomic E-state index is 0.0526. The Kier molecular flexibility index (Phi) is 2.41. The number of hydrogen-bond acceptors (Lipinski definition) is 3. The first-order valence-electron chi connectivity index (χ1n) is 4.79. The number of aliphatic carboxylic acids is 1. The number of likely N-dealkylation sites (tertiary alicyclic amines) is 1. The second-order valence-corrected chi connectivity index (χ2v) is 3.78. The number of carboxylic acid groups (broad SMARTS) is 1. The van der Waals surface area contributed by atoms with Crippen LogP contribution in [0.25, 0.3) is 0 Å². The van der Waals surface area contributed by atoms with E-state index < -0.39 is 5.97 Å². The average Bonchev–Trinajstić information content (AvgIpc) is 2.74. The Hall–Kier alpha value is -1.10. The molecule has 5 nitrogen and oxygen atoms in total. The van der Waals surface area contributed by atoms with Crippen molar-refractivity contribution in [3.05, 3.63) is 0 Å². The predicted octanol–water partition coefficient (Wildman–Crippen LogP) is -0.149. The normalized spacial score (nSPS) is 29.6. The minimum atomic E-state index is -0.918. The number of nitrogens with zero attached hydrogens (tertiary/aromatic N) is 1. The van der Waals surface area contributed by atoms with Crippen molar-refractivity contribution in [1.82, 2.24) is 4.90 Å². The number of fused-ring (bicyclic) bond motifs is 2. The van der Waals surface area contributed by atoms with E-state index in [1.165, 1.54) is 0 Å². The Labute approximate surface area is 81.6 Å². The summed E-state index contributed by atoms with van der Waals surface area (Å²) in [5.74, 6) is -0.970. The van der Waals surface area contributed by atoms with E-state index in [9.17, 15) is 9.59 Å². The van der Waals surface area contributed by atoms with Gasteiger partial charge in [0, 0.05) is 13.0 Å². The molecule has 0 unspecified atom stereocenters. The topological polar surface area (TPSA) is 66.8 Å². The van der Waals surface area contributed by atoms with Crippen LogP contribution in [0.2, 0.25) is 0 Å². The molecule has 0 aliphatic carbocycles. The van der Waals surface area contributed by atoms with Crippen molar-refractivity contribution in [3.63, 3.8) is 0 Å². The molecule has 0 spiro atoms. The Morgan fingerprint density at radius 3 is 2.71 bits per heavy atom. The summed E-state index contributed by atoms with van der Waals surface area (Å²) in [6.07, 6.45) is 1.14. The van der Waals surface area contributed by atoms with Crippen molar-refractivity contribution in [1.29, 1.82) is 0 Å². The van der Waals surface area contributed by atoms with E-state index in [4.69, 9.17) is 9.84 Å². The van der Waals surface area contributed by atoms with Crippen molar-refractivity contribution in [2.24, 2.45) is 0 Å². The number of morpholine rings is 1. The van der Waals surface area contributed by atoms with Gasteiger partial charge in [-0.25, -0.2) is 0 Å². The monoisotopic (exact) mass is 199 g/mol. The van der Waals surface area contributed by atoms with Crippen molar-refractivity contribution in [2.45, 2.75) is 31.4 Å². The summed E-state index contributed by atoms with van der Waals surface area (Å²) in [5, 5.41) is 8.44. The van der Waals surface area contributed by atoms with Gasteiger partial charge in [0.25, 0.3) is 0 Å². The lowest BCUT2D eigenvalue weighted by Crippen LogP contribution is -2.41. The van der Waals surface area contributed by atoms with Crippen molar-refractivity contribution >= 4 is 11.9 Å². The van der Waals surface area contributed by atoms with Crippen LogP contribution in [0.5, 0.6) is 0 Å². The largest absolute Gasteiger partial charge is 0.481 e. The first kappa shape index (κ1) is 9.45. The third-order valence-corrected chi connectivity index (χ3v) is 2.77. The SMILES string of the molecule is O=C(O)CCC(=O)N1C[C@H]2C[C@H]1CO2. The van der Waals surface area contributed by atoms with Crippen molar-refractivity contribution in [2.75, 3.05) is 13.2 Å². The molecule has 2 fully saturated rings. The molecule has 0 aromatic heterocycles. The van der Waals surface area contributed by atoms with Gasteiger partial charge in [0.1, 0.15) is 0 Å². The van der Waals surface area contributed by atoms with E-state index >= 15 is 0 Å². The zero-order chi connectivity index (χ0) is 10.1. The van der Waals surface area contributed by atoms with Crippen LogP contribution in [-0.4, -0.2) is 47.2 Å². The van der Waals surface area contributed by atoms with E-state index in [0.717, 1.165) is 6.42 Å².